The maximum absolute atomic E-state index is 5.81. The second-order valence-corrected chi connectivity index (χ2v) is 3.67. The van der Waals surface area contributed by atoms with Crippen LogP contribution in [0.25, 0.3) is 11.3 Å². The van der Waals surface area contributed by atoms with E-state index >= 15 is 0 Å². The number of nitrogen functional groups attached to an aromatic ring is 1. The van der Waals surface area contributed by atoms with E-state index in [1.54, 1.807) is 7.11 Å². The van der Waals surface area contributed by atoms with Gasteiger partial charge in [0, 0.05) is 17.7 Å². The summed E-state index contributed by atoms with van der Waals surface area (Å²) in [7, 11) is 1.64. The Kier molecular flexibility index (Phi) is 3.25. The van der Waals surface area contributed by atoms with Crippen LogP contribution in [-0.4, -0.2) is 12.1 Å². The third-order valence-electron chi connectivity index (χ3n) is 2.62. The van der Waals surface area contributed by atoms with Crippen LogP contribution in [0.5, 0.6) is 5.75 Å². The summed E-state index contributed by atoms with van der Waals surface area (Å²) in [5, 5.41) is 0. The molecule has 0 radical (unpaired) electrons. The van der Waals surface area contributed by atoms with Gasteiger partial charge in [0.15, 0.2) is 0 Å². The predicted octanol–water partition coefficient (Wildman–Crippen LogP) is 1.80. The summed E-state index contributed by atoms with van der Waals surface area (Å²) < 4.78 is 5.10. The minimum absolute atomic E-state index is 0.404. The second kappa shape index (κ2) is 4.84. The average Bonchev–Trinajstić information content (AvgIpc) is 2.39. The Bertz CT molecular complexity index is 509. The lowest BCUT2D eigenvalue weighted by molar-refractivity contribution is 0.415. The number of anilines is 1. The molecule has 0 saturated carbocycles. The Morgan fingerprint density at radius 2 is 1.82 bits per heavy atom. The van der Waals surface area contributed by atoms with Gasteiger partial charge in [-0.05, 0) is 30.3 Å². The number of hydrogen-bond acceptors (Lipinski definition) is 4. The number of nitrogens with two attached hydrogens (primary N) is 2. The Hall–Kier alpha value is -2.07. The summed E-state index contributed by atoms with van der Waals surface area (Å²) in [4.78, 5) is 4.33. The Labute approximate surface area is 100 Å². The van der Waals surface area contributed by atoms with Gasteiger partial charge in [-0.1, -0.05) is 6.07 Å². The maximum Gasteiger partial charge on any atom is 0.128 e. The van der Waals surface area contributed by atoms with Gasteiger partial charge in [-0.15, -0.1) is 0 Å². The lowest BCUT2D eigenvalue weighted by Gasteiger charge is -2.06. The van der Waals surface area contributed by atoms with Crippen LogP contribution >= 0.6 is 0 Å². The van der Waals surface area contributed by atoms with Crippen molar-refractivity contribution in [2.75, 3.05) is 12.8 Å². The standard InChI is InChI=1S/C13H15N3O/c1-17-11-5-2-9(3-6-11)12-7-4-10(8-14)13(15)16-12/h2-7H,8,14H2,1H3,(H2,15,16). The molecule has 0 aliphatic rings. The van der Waals surface area contributed by atoms with E-state index in [2.05, 4.69) is 4.98 Å². The fourth-order valence-corrected chi connectivity index (χ4v) is 1.60. The van der Waals surface area contributed by atoms with Gasteiger partial charge in [0.25, 0.3) is 0 Å². The Morgan fingerprint density at radius 1 is 1.12 bits per heavy atom. The number of methoxy groups -OCH3 is 1. The molecule has 88 valence electrons. The van der Waals surface area contributed by atoms with Crippen molar-refractivity contribution in [3.63, 3.8) is 0 Å². The molecule has 0 bridgehead atoms. The number of rotatable bonds is 3. The van der Waals surface area contributed by atoms with Gasteiger partial charge in [-0.2, -0.15) is 0 Å². The predicted molar refractivity (Wildman–Crippen MR) is 68.5 cm³/mol. The first-order chi connectivity index (χ1) is 8.24. The zero-order chi connectivity index (χ0) is 12.3. The topological polar surface area (TPSA) is 74.2 Å². The van der Waals surface area contributed by atoms with Gasteiger partial charge >= 0.3 is 0 Å². The SMILES string of the molecule is COc1ccc(-c2ccc(CN)c(N)n2)cc1. The largest absolute Gasteiger partial charge is 0.497 e. The van der Waals surface area contributed by atoms with E-state index in [4.69, 9.17) is 16.2 Å². The van der Waals surface area contributed by atoms with Gasteiger partial charge < -0.3 is 16.2 Å². The molecular formula is C13H15N3O. The van der Waals surface area contributed by atoms with Crippen molar-refractivity contribution >= 4 is 5.82 Å². The first-order valence-electron chi connectivity index (χ1n) is 5.34. The third kappa shape index (κ3) is 2.37. The monoisotopic (exact) mass is 229 g/mol. The van der Waals surface area contributed by atoms with Crippen LogP contribution in [0.4, 0.5) is 5.82 Å². The Balaban J connectivity index is 2.35. The molecule has 17 heavy (non-hydrogen) atoms. The zero-order valence-electron chi connectivity index (χ0n) is 9.68. The summed E-state index contributed by atoms with van der Waals surface area (Å²) in [6, 6.07) is 11.5. The summed E-state index contributed by atoms with van der Waals surface area (Å²) >= 11 is 0. The van der Waals surface area contributed by atoms with Crippen LogP contribution in [0.15, 0.2) is 36.4 Å². The molecule has 2 aromatic rings. The van der Waals surface area contributed by atoms with Gasteiger partial charge in [0.05, 0.1) is 12.8 Å². The van der Waals surface area contributed by atoms with Crippen LogP contribution in [0.2, 0.25) is 0 Å². The van der Waals surface area contributed by atoms with E-state index in [-0.39, 0.29) is 0 Å². The minimum atomic E-state index is 0.404. The number of hydrogen-bond donors (Lipinski definition) is 2. The summed E-state index contributed by atoms with van der Waals surface area (Å²) in [5.74, 6) is 1.31. The highest BCUT2D eigenvalue weighted by atomic mass is 16.5. The summed E-state index contributed by atoms with van der Waals surface area (Å²) in [6.45, 7) is 0.404. The van der Waals surface area contributed by atoms with Crippen molar-refractivity contribution in [3.05, 3.63) is 42.0 Å². The minimum Gasteiger partial charge on any atom is -0.497 e. The van der Waals surface area contributed by atoms with Crippen LogP contribution in [-0.2, 0) is 6.54 Å². The fourth-order valence-electron chi connectivity index (χ4n) is 1.60. The lowest BCUT2D eigenvalue weighted by atomic mass is 10.1. The quantitative estimate of drug-likeness (QED) is 0.841. The molecule has 0 unspecified atom stereocenters. The fraction of sp³-hybridized carbons (Fsp3) is 0.154. The summed E-state index contributed by atoms with van der Waals surface area (Å²) in [5.41, 5.74) is 14.0. The zero-order valence-corrected chi connectivity index (χ0v) is 9.68. The Morgan fingerprint density at radius 3 is 2.35 bits per heavy atom. The average molecular weight is 229 g/mol. The highest BCUT2D eigenvalue weighted by molar-refractivity contribution is 5.62. The number of pyridine rings is 1. The number of nitrogens with zero attached hydrogens (tertiary/aromatic N) is 1. The number of benzene rings is 1. The van der Waals surface area contributed by atoms with E-state index in [1.807, 2.05) is 36.4 Å². The van der Waals surface area contributed by atoms with Gasteiger partial charge in [-0.3, -0.25) is 0 Å². The van der Waals surface area contributed by atoms with Crippen LogP contribution in [0.3, 0.4) is 0 Å². The van der Waals surface area contributed by atoms with Gasteiger partial charge in [0.1, 0.15) is 11.6 Å². The lowest BCUT2D eigenvalue weighted by Crippen LogP contribution is -2.03. The molecule has 1 aromatic heterocycles. The van der Waals surface area contributed by atoms with Gasteiger partial charge in [-0.25, -0.2) is 4.98 Å². The molecular weight excluding hydrogens is 214 g/mol. The van der Waals surface area contributed by atoms with E-state index in [9.17, 15) is 0 Å². The molecule has 0 fully saturated rings. The molecule has 0 spiro atoms. The van der Waals surface area contributed by atoms with Gasteiger partial charge in [0.2, 0.25) is 0 Å². The summed E-state index contributed by atoms with van der Waals surface area (Å²) in [6.07, 6.45) is 0. The van der Waals surface area contributed by atoms with E-state index in [0.29, 0.717) is 12.4 Å². The van der Waals surface area contributed by atoms with Crippen molar-refractivity contribution in [2.24, 2.45) is 5.73 Å². The molecule has 4 N–H and O–H groups in total. The van der Waals surface area contributed by atoms with E-state index in [0.717, 1.165) is 22.6 Å². The van der Waals surface area contributed by atoms with Crippen LogP contribution < -0.4 is 16.2 Å². The van der Waals surface area contributed by atoms with Crippen molar-refractivity contribution < 1.29 is 4.74 Å². The van der Waals surface area contributed by atoms with E-state index < -0.39 is 0 Å². The molecule has 0 aliphatic carbocycles. The first kappa shape index (κ1) is 11.4. The highest BCUT2D eigenvalue weighted by Gasteiger charge is 2.03. The molecule has 4 heteroatoms. The van der Waals surface area contributed by atoms with Crippen LogP contribution in [0.1, 0.15) is 5.56 Å². The number of aromatic nitrogens is 1. The highest BCUT2D eigenvalue weighted by Crippen LogP contribution is 2.22. The maximum atomic E-state index is 5.81. The molecule has 4 nitrogen and oxygen atoms in total. The molecule has 0 atom stereocenters. The molecule has 0 aliphatic heterocycles. The molecule has 2 rings (SSSR count). The number of ether oxygens (including phenoxy) is 1. The molecule has 0 amide bonds. The van der Waals surface area contributed by atoms with E-state index in [1.165, 1.54) is 0 Å². The second-order valence-electron chi connectivity index (χ2n) is 3.67. The van der Waals surface area contributed by atoms with Crippen LogP contribution in [0, 0.1) is 0 Å². The van der Waals surface area contributed by atoms with Crippen molar-refractivity contribution in [2.45, 2.75) is 6.54 Å². The van der Waals surface area contributed by atoms with Crippen molar-refractivity contribution in [3.8, 4) is 17.0 Å². The third-order valence-corrected chi connectivity index (χ3v) is 2.62. The van der Waals surface area contributed by atoms with Crippen molar-refractivity contribution in [1.29, 1.82) is 0 Å². The molecule has 1 heterocycles. The smallest absolute Gasteiger partial charge is 0.128 e. The first-order valence-corrected chi connectivity index (χ1v) is 5.34. The molecule has 0 saturated heterocycles. The van der Waals surface area contributed by atoms with Crippen molar-refractivity contribution in [1.82, 2.24) is 4.98 Å². The normalized spacial score (nSPS) is 10.2. The molecule has 1 aromatic carbocycles.